The molecule has 1 spiro atoms. The van der Waals surface area contributed by atoms with Crippen LogP contribution in [0.25, 0.3) is 16.6 Å². The van der Waals surface area contributed by atoms with Crippen LogP contribution in [0.2, 0.25) is 0 Å². The number of piperazine rings is 1. The molecule has 0 amide bonds. The van der Waals surface area contributed by atoms with Gasteiger partial charge in [0, 0.05) is 37.2 Å². The first-order valence-electron chi connectivity index (χ1n) is 14.4. The molecule has 3 fully saturated rings. The average Bonchev–Trinajstić information content (AvgIpc) is 3.18. The third-order valence-corrected chi connectivity index (χ3v) is 10.5. The molecule has 1 N–H and O–H groups in total. The average molecular weight is 562 g/mol. The van der Waals surface area contributed by atoms with Gasteiger partial charge in [0.1, 0.15) is 5.82 Å². The van der Waals surface area contributed by atoms with Crippen molar-refractivity contribution in [1.82, 2.24) is 19.8 Å². The molecular formula is C31H37BrN4O. The number of nitrogens with zero attached hydrogens (tertiary/aromatic N) is 3. The molecule has 0 bridgehead atoms. The van der Waals surface area contributed by atoms with Crippen molar-refractivity contribution in [3.05, 3.63) is 68.2 Å². The van der Waals surface area contributed by atoms with Crippen LogP contribution in [-0.2, 0) is 5.41 Å². The molecule has 3 aromatic rings. The first-order chi connectivity index (χ1) is 18.1. The molecule has 2 aromatic carbocycles. The zero-order chi connectivity index (χ0) is 25.0. The second kappa shape index (κ2) is 9.62. The molecular weight excluding hydrogens is 524 g/mol. The Hall–Kier alpha value is -2.02. The predicted octanol–water partition coefficient (Wildman–Crippen LogP) is 5.89. The molecule has 1 saturated heterocycles. The third-order valence-electron chi connectivity index (χ3n) is 9.82. The fraction of sp³-hybridized carbons (Fsp3) is 0.548. The number of hydrogen-bond donors (Lipinski definition) is 1. The van der Waals surface area contributed by atoms with Crippen LogP contribution in [0.1, 0.15) is 80.7 Å². The second-order valence-electron chi connectivity index (χ2n) is 11.9. The van der Waals surface area contributed by atoms with E-state index in [4.69, 9.17) is 4.98 Å². The zero-order valence-corrected chi connectivity index (χ0v) is 23.2. The van der Waals surface area contributed by atoms with Gasteiger partial charge < -0.3 is 10.2 Å². The minimum atomic E-state index is -0.122. The van der Waals surface area contributed by atoms with Crippen LogP contribution in [-0.4, -0.2) is 47.2 Å². The van der Waals surface area contributed by atoms with Crippen LogP contribution >= 0.6 is 15.9 Å². The minimum absolute atomic E-state index is 0.102. The van der Waals surface area contributed by atoms with Crippen LogP contribution in [0.4, 0.5) is 0 Å². The van der Waals surface area contributed by atoms with Crippen LogP contribution < -0.4 is 10.9 Å². The Morgan fingerprint density at radius 3 is 2.57 bits per heavy atom. The van der Waals surface area contributed by atoms with E-state index in [-0.39, 0.29) is 11.0 Å². The second-order valence-corrected chi connectivity index (χ2v) is 12.8. The molecule has 2 saturated carbocycles. The molecule has 3 heterocycles. The van der Waals surface area contributed by atoms with Crippen molar-refractivity contribution in [1.29, 1.82) is 0 Å². The number of rotatable bonds is 3. The normalized spacial score (nSPS) is 25.3. The van der Waals surface area contributed by atoms with E-state index in [2.05, 4.69) is 55.0 Å². The Morgan fingerprint density at radius 2 is 1.78 bits per heavy atom. The van der Waals surface area contributed by atoms with Crippen molar-refractivity contribution in [3.8, 4) is 5.69 Å². The van der Waals surface area contributed by atoms with E-state index in [1.165, 1.54) is 81.4 Å². The Labute approximate surface area is 227 Å². The summed E-state index contributed by atoms with van der Waals surface area (Å²) in [5, 5.41) is 4.18. The fourth-order valence-electron chi connectivity index (χ4n) is 7.89. The number of fused-ring (bicyclic) bond motifs is 7. The molecule has 37 heavy (non-hydrogen) atoms. The van der Waals surface area contributed by atoms with Gasteiger partial charge >= 0.3 is 0 Å². The van der Waals surface area contributed by atoms with E-state index in [1.54, 1.807) is 0 Å². The van der Waals surface area contributed by atoms with Crippen molar-refractivity contribution < 1.29 is 0 Å². The first-order valence-corrected chi connectivity index (χ1v) is 15.2. The number of halogens is 1. The van der Waals surface area contributed by atoms with Gasteiger partial charge in [-0.15, -0.1) is 0 Å². The summed E-state index contributed by atoms with van der Waals surface area (Å²) < 4.78 is 3.18. The topological polar surface area (TPSA) is 50.2 Å². The molecule has 1 aromatic heterocycles. The Balaban J connectivity index is 1.25. The minimum Gasteiger partial charge on any atom is -0.314 e. The molecule has 4 aliphatic rings. The highest BCUT2D eigenvalue weighted by Gasteiger charge is 2.46. The Bertz CT molecular complexity index is 1380. The van der Waals surface area contributed by atoms with Gasteiger partial charge in [-0.3, -0.25) is 9.36 Å². The maximum absolute atomic E-state index is 13.3. The highest BCUT2D eigenvalue weighted by molar-refractivity contribution is 9.10. The van der Waals surface area contributed by atoms with Gasteiger partial charge in [-0.2, -0.15) is 4.98 Å². The molecule has 2 aliphatic heterocycles. The lowest BCUT2D eigenvalue weighted by Crippen LogP contribution is -2.45. The number of aromatic nitrogens is 2. The van der Waals surface area contributed by atoms with E-state index < -0.39 is 0 Å². The molecule has 5 nitrogen and oxygen atoms in total. The van der Waals surface area contributed by atoms with Crippen LogP contribution in [0.5, 0.6) is 0 Å². The molecule has 0 atom stereocenters. The molecule has 194 valence electrons. The van der Waals surface area contributed by atoms with Crippen molar-refractivity contribution in [2.24, 2.45) is 5.92 Å². The largest absolute Gasteiger partial charge is 0.314 e. The summed E-state index contributed by atoms with van der Waals surface area (Å²) in [6, 6.07) is 13.4. The lowest BCUT2D eigenvalue weighted by Gasteiger charge is -2.35. The van der Waals surface area contributed by atoms with E-state index in [1.807, 2.05) is 12.1 Å². The Morgan fingerprint density at radius 1 is 1.00 bits per heavy atom. The van der Waals surface area contributed by atoms with Crippen LogP contribution in [0.3, 0.4) is 0 Å². The summed E-state index contributed by atoms with van der Waals surface area (Å²) in [5.74, 6) is 2.45. The van der Waals surface area contributed by atoms with Crippen LogP contribution in [0.15, 0.2) is 45.7 Å². The smallest absolute Gasteiger partial charge is 0.281 e. The molecule has 2 aliphatic carbocycles. The maximum Gasteiger partial charge on any atom is 0.281 e. The van der Waals surface area contributed by atoms with Gasteiger partial charge in [-0.25, -0.2) is 0 Å². The summed E-state index contributed by atoms with van der Waals surface area (Å²) in [4.78, 5) is 20.7. The Kier molecular flexibility index (Phi) is 6.25. The van der Waals surface area contributed by atoms with Crippen molar-refractivity contribution in [2.75, 3.05) is 32.7 Å². The predicted molar refractivity (Wildman–Crippen MR) is 153 cm³/mol. The lowest BCUT2D eigenvalue weighted by atomic mass is 9.69. The molecule has 7 rings (SSSR count). The molecule has 0 unspecified atom stereocenters. The van der Waals surface area contributed by atoms with Crippen molar-refractivity contribution >= 4 is 26.8 Å². The standard InChI is InChI=1S/C31H37BrN4O/c32-25-5-4-6-26-28(25)29(37)34-30-31(13-2-1-3-14-31)24-12-11-23(19-27(24)36(26)30)22-9-7-21(8-10-22)20-35-17-15-33-16-18-35/h4-6,11-12,19,21-22,33H,1-3,7-10,13-18,20H2. The lowest BCUT2D eigenvalue weighted by molar-refractivity contribution is 0.177. The highest BCUT2D eigenvalue weighted by Crippen LogP contribution is 2.52. The molecule has 0 radical (unpaired) electrons. The van der Waals surface area contributed by atoms with E-state index >= 15 is 0 Å². The summed E-state index contributed by atoms with van der Waals surface area (Å²) in [6.07, 6.45) is 11.1. The van der Waals surface area contributed by atoms with E-state index in [9.17, 15) is 4.79 Å². The van der Waals surface area contributed by atoms with E-state index in [0.29, 0.717) is 11.3 Å². The van der Waals surface area contributed by atoms with Gasteiger partial charge in [0.05, 0.1) is 22.0 Å². The van der Waals surface area contributed by atoms with Gasteiger partial charge in [-0.05, 0) is 95.6 Å². The van der Waals surface area contributed by atoms with Crippen molar-refractivity contribution in [2.45, 2.75) is 69.1 Å². The van der Waals surface area contributed by atoms with Gasteiger partial charge in [0.15, 0.2) is 0 Å². The maximum atomic E-state index is 13.3. The van der Waals surface area contributed by atoms with Gasteiger partial charge in [0.2, 0.25) is 0 Å². The number of nitrogens with one attached hydrogen (secondary N) is 1. The zero-order valence-electron chi connectivity index (χ0n) is 21.6. The fourth-order valence-corrected chi connectivity index (χ4v) is 8.42. The quantitative estimate of drug-likeness (QED) is 0.433. The third kappa shape index (κ3) is 4.02. The summed E-state index contributed by atoms with van der Waals surface area (Å²) in [5.41, 5.74) is 4.90. The molecule has 6 heteroatoms. The SMILES string of the molecule is O=c1nc2n(c3cccc(Br)c13)-c1cc(C3CCC(CN4CCNCC4)CC3)ccc1C21CCCCC1. The summed E-state index contributed by atoms with van der Waals surface area (Å²) in [7, 11) is 0. The van der Waals surface area contributed by atoms with Gasteiger partial charge in [0.25, 0.3) is 5.56 Å². The van der Waals surface area contributed by atoms with E-state index in [0.717, 1.165) is 47.7 Å². The number of benzene rings is 2. The summed E-state index contributed by atoms with van der Waals surface area (Å²) in [6.45, 7) is 5.95. The van der Waals surface area contributed by atoms with Gasteiger partial charge in [-0.1, -0.05) is 37.5 Å². The van der Waals surface area contributed by atoms with Crippen molar-refractivity contribution in [3.63, 3.8) is 0 Å². The number of hydrogen-bond acceptors (Lipinski definition) is 4. The monoisotopic (exact) mass is 560 g/mol. The summed E-state index contributed by atoms with van der Waals surface area (Å²) >= 11 is 3.64. The first kappa shape index (κ1) is 24.1. The van der Waals surface area contributed by atoms with Crippen LogP contribution in [0, 0.1) is 5.92 Å². The highest BCUT2D eigenvalue weighted by atomic mass is 79.9.